The molecular formula is C16H18BrFN2O4. The topological polar surface area (TPSA) is 108 Å². The van der Waals surface area contributed by atoms with E-state index in [1.54, 1.807) is 24.3 Å². The van der Waals surface area contributed by atoms with Crippen LogP contribution in [0.5, 0.6) is 0 Å². The average Bonchev–Trinajstić information content (AvgIpc) is 2.56. The molecule has 24 heavy (non-hydrogen) atoms. The number of benzene rings is 2. The van der Waals surface area contributed by atoms with Gasteiger partial charge >= 0.3 is 5.97 Å². The van der Waals surface area contributed by atoms with Gasteiger partial charge in [-0.3, -0.25) is 0 Å². The highest BCUT2D eigenvalue weighted by molar-refractivity contribution is 9.10. The Kier molecular flexibility index (Phi) is 6.14. The van der Waals surface area contributed by atoms with Crippen LogP contribution < -0.4 is 11.1 Å². The van der Waals surface area contributed by atoms with Gasteiger partial charge in [-0.1, -0.05) is 30.3 Å². The Morgan fingerprint density at radius 1 is 1.25 bits per heavy atom. The predicted molar refractivity (Wildman–Crippen MR) is 91.4 cm³/mol. The lowest BCUT2D eigenvalue weighted by Crippen LogP contribution is -2.48. The Morgan fingerprint density at radius 2 is 1.92 bits per heavy atom. The summed E-state index contributed by atoms with van der Waals surface area (Å²) in [6.07, 6.45) is -1.67. The molecule has 0 amide bonds. The summed E-state index contributed by atoms with van der Waals surface area (Å²) < 4.78 is 18.9. The van der Waals surface area contributed by atoms with E-state index in [1.165, 1.54) is 6.07 Å². The summed E-state index contributed by atoms with van der Waals surface area (Å²) in [6, 6.07) is 11.4. The lowest BCUT2D eigenvalue weighted by Gasteiger charge is -2.27. The standard InChI is InChI=1S/C16H18BrFN2O4/c17-11-6-13(19)12(18)7-14(11)20-8-15(21)16(22,23)24-9-10-4-2-1-3-5-10/h1-7,15,20-23H,8-9,19H2. The zero-order valence-electron chi connectivity index (χ0n) is 12.6. The molecule has 2 aromatic rings. The van der Waals surface area contributed by atoms with Gasteiger partial charge in [-0.05, 0) is 27.6 Å². The van der Waals surface area contributed by atoms with Crippen LogP contribution in [0.2, 0.25) is 0 Å². The number of aliphatic hydroxyl groups excluding tert-OH is 1. The van der Waals surface area contributed by atoms with Crippen molar-refractivity contribution < 1.29 is 24.4 Å². The quantitative estimate of drug-likeness (QED) is 0.358. The van der Waals surface area contributed by atoms with Crippen LogP contribution in [0, 0.1) is 5.82 Å². The highest BCUT2D eigenvalue weighted by Gasteiger charge is 2.34. The minimum atomic E-state index is -2.76. The van der Waals surface area contributed by atoms with Gasteiger partial charge in [0.2, 0.25) is 0 Å². The van der Waals surface area contributed by atoms with E-state index in [-0.39, 0.29) is 18.8 Å². The largest absolute Gasteiger partial charge is 0.396 e. The van der Waals surface area contributed by atoms with Gasteiger partial charge in [-0.15, -0.1) is 0 Å². The van der Waals surface area contributed by atoms with Crippen LogP contribution in [0.15, 0.2) is 46.9 Å². The first kappa shape index (κ1) is 18.6. The van der Waals surface area contributed by atoms with Gasteiger partial charge in [0.15, 0.2) is 6.10 Å². The summed E-state index contributed by atoms with van der Waals surface area (Å²) in [5.41, 5.74) is 6.42. The van der Waals surface area contributed by atoms with E-state index in [0.717, 1.165) is 6.07 Å². The van der Waals surface area contributed by atoms with Crippen molar-refractivity contribution in [3.8, 4) is 0 Å². The zero-order chi connectivity index (χ0) is 17.7. The number of nitrogens with one attached hydrogen (secondary N) is 1. The van der Waals surface area contributed by atoms with Crippen molar-refractivity contribution in [1.82, 2.24) is 0 Å². The lowest BCUT2D eigenvalue weighted by atomic mass is 10.2. The molecule has 0 saturated carbocycles. The van der Waals surface area contributed by atoms with Crippen molar-refractivity contribution in [2.75, 3.05) is 17.6 Å². The first-order valence-electron chi connectivity index (χ1n) is 7.08. The van der Waals surface area contributed by atoms with Crippen LogP contribution >= 0.6 is 15.9 Å². The monoisotopic (exact) mass is 400 g/mol. The molecule has 8 heteroatoms. The molecule has 0 spiro atoms. The third kappa shape index (κ3) is 4.89. The minimum absolute atomic E-state index is 0.0298. The van der Waals surface area contributed by atoms with Crippen LogP contribution in [-0.2, 0) is 11.3 Å². The Labute approximate surface area is 146 Å². The molecule has 0 saturated heterocycles. The number of hydrogen-bond acceptors (Lipinski definition) is 6. The Hall–Kier alpha value is -1.71. The van der Waals surface area contributed by atoms with Gasteiger partial charge in [0.1, 0.15) is 5.82 Å². The molecule has 0 radical (unpaired) electrons. The first-order valence-corrected chi connectivity index (χ1v) is 7.88. The maximum atomic E-state index is 13.5. The Bertz CT molecular complexity index is 685. The normalized spacial score (nSPS) is 12.9. The van der Waals surface area contributed by atoms with Crippen molar-refractivity contribution in [3.05, 3.63) is 58.3 Å². The molecule has 6 N–H and O–H groups in total. The summed E-state index contributed by atoms with van der Waals surface area (Å²) >= 11 is 3.20. The SMILES string of the molecule is Nc1cc(Br)c(NCC(O)C(O)(O)OCc2ccccc2)cc1F. The van der Waals surface area contributed by atoms with Crippen molar-refractivity contribution in [1.29, 1.82) is 0 Å². The summed E-state index contributed by atoms with van der Waals surface area (Å²) in [4.78, 5) is 0. The second-order valence-corrected chi connectivity index (χ2v) is 6.04. The highest BCUT2D eigenvalue weighted by atomic mass is 79.9. The predicted octanol–water partition coefficient (Wildman–Crippen LogP) is 1.80. The van der Waals surface area contributed by atoms with Gasteiger partial charge in [0.25, 0.3) is 0 Å². The molecule has 0 bridgehead atoms. The Balaban J connectivity index is 1.93. The van der Waals surface area contributed by atoms with Crippen LogP contribution in [0.3, 0.4) is 0 Å². The number of rotatable bonds is 7. The average molecular weight is 401 g/mol. The number of nitrogens with two attached hydrogens (primary N) is 1. The molecule has 1 atom stereocenters. The van der Waals surface area contributed by atoms with Gasteiger partial charge in [-0.25, -0.2) is 4.39 Å². The third-order valence-corrected chi connectivity index (χ3v) is 3.96. The first-order chi connectivity index (χ1) is 11.3. The molecule has 0 aromatic heterocycles. The summed E-state index contributed by atoms with van der Waals surface area (Å²) in [5.74, 6) is -3.39. The zero-order valence-corrected chi connectivity index (χ0v) is 14.2. The second kappa shape index (κ2) is 7.91. The molecule has 130 valence electrons. The number of nitrogen functional groups attached to an aromatic ring is 1. The van der Waals surface area contributed by atoms with Crippen molar-refractivity contribution in [2.45, 2.75) is 18.7 Å². The highest BCUT2D eigenvalue weighted by Crippen LogP contribution is 2.27. The third-order valence-electron chi connectivity index (χ3n) is 3.30. The molecule has 2 rings (SSSR count). The summed E-state index contributed by atoms with van der Waals surface area (Å²) in [7, 11) is 0. The summed E-state index contributed by atoms with van der Waals surface area (Å²) in [5, 5.41) is 32.3. The number of anilines is 2. The lowest BCUT2D eigenvalue weighted by molar-refractivity contribution is -0.378. The number of hydrogen-bond donors (Lipinski definition) is 5. The molecule has 0 heterocycles. The van der Waals surface area contributed by atoms with E-state index < -0.39 is 17.9 Å². The van der Waals surface area contributed by atoms with Crippen molar-refractivity contribution >= 4 is 27.3 Å². The fourth-order valence-corrected chi connectivity index (χ4v) is 2.40. The summed E-state index contributed by atoms with van der Waals surface area (Å²) in [6.45, 7) is -0.380. The van der Waals surface area contributed by atoms with Crippen LogP contribution in [0.25, 0.3) is 0 Å². The fraction of sp³-hybridized carbons (Fsp3) is 0.250. The van der Waals surface area contributed by atoms with Crippen LogP contribution in [-0.4, -0.2) is 33.9 Å². The molecule has 0 fully saturated rings. The van der Waals surface area contributed by atoms with E-state index in [1.807, 2.05) is 6.07 Å². The van der Waals surface area contributed by atoms with Crippen LogP contribution in [0.4, 0.5) is 15.8 Å². The number of halogens is 2. The number of ether oxygens (including phenoxy) is 1. The fourth-order valence-electron chi connectivity index (χ4n) is 1.90. The smallest absolute Gasteiger partial charge is 0.307 e. The van der Waals surface area contributed by atoms with Crippen molar-refractivity contribution in [2.24, 2.45) is 0 Å². The minimum Gasteiger partial charge on any atom is -0.396 e. The van der Waals surface area contributed by atoms with Crippen LogP contribution in [0.1, 0.15) is 5.56 Å². The molecule has 2 aromatic carbocycles. The molecule has 0 aliphatic rings. The molecular weight excluding hydrogens is 383 g/mol. The van der Waals surface area contributed by atoms with Gasteiger partial charge in [0, 0.05) is 17.1 Å². The van der Waals surface area contributed by atoms with Crippen molar-refractivity contribution in [3.63, 3.8) is 0 Å². The van der Waals surface area contributed by atoms with E-state index in [4.69, 9.17) is 10.5 Å². The number of aliphatic hydroxyl groups is 3. The maximum absolute atomic E-state index is 13.5. The maximum Gasteiger partial charge on any atom is 0.307 e. The molecule has 1 unspecified atom stereocenters. The van der Waals surface area contributed by atoms with E-state index >= 15 is 0 Å². The molecule has 6 nitrogen and oxygen atoms in total. The second-order valence-electron chi connectivity index (χ2n) is 5.18. The van der Waals surface area contributed by atoms with E-state index in [9.17, 15) is 19.7 Å². The van der Waals surface area contributed by atoms with Gasteiger partial charge in [0.05, 0.1) is 18.0 Å². The molecule has 0 aliphatic heterocycles. The van der Waals surface area contributed by atoms with E-state index in [2.05, 4.69) is 21.2 Å². The van der Waals surface area contributed by atoms with Gasteiger partial charge in [-0.2, -0.15) is 0 Å². The van der Waals surface area contributed by atoms with E-state index in [0.29, 0.717) is 15.7 Å². The Morgan fingerprint density at radius 3 is 2.58 bits per heavy atom. The van der Waals surface area contributed by atoms with Gasteiger partial charge < -0.3 is 31.1 Å². The molecule has 0 aliphatic carbocycles.